The van der Waals surface area contributed by atoms with E-state index in [4.69, 9.17) is 11.6 Å². The molecule has 11 heteroatoms. The van der Waals surface area contributed by atoms with Gasteiger partial charge in [0.15, 0.2) is 0 Å². The molecule has 0 radical (unpaired) electrons. The van der Waals surface area contributed by atoms with Gasteiger partial charge in [0, 0.05) is 19.3 Å². The van der Waals surface area contributed by atoms with E-state index in [9.17, 15) is 19.5 Å². The maximum absolute atomic E-state index is 12.5. The predicted octanol–water partition coefficient (Wildman–Crippen LogP) is 2.80. The quantitative estimate of drug-likeness (QED) is 0.332. The second-order valence-corrected chi connectivity index (χ2v) is 8.46. The molecule has 2 aromatic carbocycles. The second-order valence-electron chi connectivity index (χ2n) is 8.05. The number of aromatic nitrogens is 4. The Labute approximate surface area is 197 Å². The van der Waals surface area contributed by atoms with E-state index in [2.05, 4.69) is 24.8 Å². The number of piperidine rings is 1. The third kappa shape index (κ3) is 3.92. The van der Waals surface area contributed by atoms with Crippen molar-refractivity contribution in [3.8, 4) is 11.6 Å². The van der Waals surface area contributed by atoms with Crippen LogP contribution in [0.4, 0.5) is 11.4 Å². The summed E-state index contributed by atoms with van der Waals surface area (Å²) in [5, 5.41) is 11.1. The van der Waals surface area contributed by atoms with Gasteiger partial charge in [-0.1, -0.05) is 23.7 Å². The number of anilines is 1. The van der Waals surface area contributed by atoms with Crippen molar-refractivity contribution < 1.29 is 5.11 Å². The summed E-state index contributed by atoms with van der Waals surface area (Å²) in [4.78, 5) is 51.1. The first-order valence-electron chi connectivity index (χ1n) is 10.8. The van der Waals surface area contributed by atoms with Crippen LogP contribution in [0.3, 0.4) is 0 Å². The molecule has 34 heavy (non-hydrogen) atoms. The van der Waals surface area contributed by atoms with E-state index in [1.54, 1.807) is 30.3 Å². The fourth-order valence-corrected chi connectivity index (χ4v) is 4.42. The van der Waals surface area contributed by atoms with Gasteiger partial charge in [0.2, 0.25) is 5.88 Å². The van der Waals surface area contributed by atoms with Crippen LogP contribution in [-0.2, 0) is 0 Å². The molecule has 5 rings (SSSR count). The number of H-pyrrole nitrogens is 3. The highest BCUT2D eigenvalue weighted by atomic mass is 35.5. The molecule has 2 aromatic heterocycles. The zero-order valence-electron chi connectivity index (χ0n) is 18.0. The van der Waals surface area contributed by atoms with Crippen LogP contribution < -0.4 is 21.8 Å². The zero-order chi connectivity index (χ0) is 23.8. The molecule has 174 valence electrons. The lowest BCUT2D eigenvalue weighted by Crippen LogP contribution is -2.31. The van der Waals surface area contributed by atoms with Gasteiger partial charge in [0.1, 0.15) is 5.56 Å². The van der Waals surface area contributed by atoms with E-state index >= 15 is 0 Å². The number of aliphatic imine (C=N–C) groups is 1. The first-order chi connectivity index (χ1) is 16.4. The summed E-state index contributed by atoms with van der Waals surface area (Å²) in [5.41, 5.74) is 0.604. The molecule has 0 aliphatic carbocycles. The van der Waals surface area contributed by atoms with Gasteiger partial charge >= 0.3 is 11.4 Å². The van der Waals surface area contributed by atoms with Gasteiger partial charge in [-0.2, -0.15) is 0 Å². The number of benzene rings is 2. The van der Waals surface area contributed by atoms with Crippen molar-refractivity contribution in [2.24, 2.45) is 4.99 Å². The topological polar surface area (TPSA) is 139 Å². The normalized spacial score (nSPS) is 14.3. The average molecular weight is 481 g/mol. The number of aromatic amines is 3. The molecule has 4 aromatic rings. The minimum atomic E-state index is -0.826. The van der Waals surface area contributed by atoms with E-state index in [1.165, 1.54) is 6.21 Å². The second kappa shape index (κ2) is 8.71. The maximum atomic E-state index is 12.5. The van der Waals surface area contributed by atoms with Gasteiger partial charge in [-0.05, 0) is 43.5 Å². The highest BCUT2D eigenvalue weighted by Gasteiger charge is 2.18. The molecule has 1 aliphatic rings. The van der Waals surface area contributed by atoms with Crippen molar-refractivity contribution >= 4 is 40.2 Å². The Balaban J connectivity index is 1.65. The predicted molar refractivity (Wildman–Crippen MR) is 132 cm³/mol. The molecule has 1 fully saturated rings. The van der Waals surface area contributed by atoms with Crippen molar-refractivity contribution in [2.45, 2.75) is 19.3 Å². The number of rotatable bonds is 4. The van der Waals surface area contributed by atoms with Crippen molar-refractivity contribution in [1.29, 1.82) is 0 Å². The van der Waals surface area contributed by atoms with Gasteiger partial charge in [0.05, 0.1) is 33.1 Å². The summed E-state index contributed by atoms with van der Waals surface area (Å²) in [6, 6.07) is 10.0. The Kier molecular flexibility index (Phi) is 5.58. The number of aromatic hydroxyl groups is 1. The molecule has 1 aliphatic heterocycles. The number of halogens is 1. The first-order valence-corrected chi connectivity index (χ1v) is 11.2. The molecular weight excluding hydrogens is 460 g/mol. The van der Waals surface area contributed by atoms with Crippen LogP contribution in [0.2, 0.25) is 5.02 Å². The molecule has 1 saturated heterocycles. The minimum absolute atomic E-state index is 0.202. The van der Waals surface area contributed by atoms with Gasteiger partial charge in [-0.15, -0.1) is 0 Å². The molecule has 0 saturated carbocycles. The lowest BCUT2D eigenvalue weighted by molar-refractivity contribution is 0.430. The summed E-state index contributed by atoms with van der Waals surface area (Å²) < 4.78 is 0.920. The molecule has 0 unspecified atom stereocenters. The first kappa shape index (κ1) is 21.8. The third-order valence-electron chi connectivity index (χ3n) is 5.85. The number of imidazole rings is 1. The smallest absolute Gasteiger partial charge is 0.335 e. The van der Waals surface area contributed by atoms with Gasteiger partial charge < -0.3 is 20.0 Å². The summed E-state index contributed by atoms with van der Waals surface area (Å²) >= 11 is 6.20. The Hall–Kier alpha value is -4.05. The van der Waals surface area contributed by atoms with Crippen LogP contribution in [0, 0.1) is 0 Å². The number of nitrogens with one attached hydrogen (secondary N) is 3. The van der Waals surface area contributed by atoms with E-state index in [0.717, 1.165) is 42.6 Å². The zero-order valence-corrected chi connectivity index (χ0v) is 18.7. The average Bonchev–Trinajstić information content (AvgIpc) is 3.19. The van der Waals surface area contributed by atoms with Crippen LogP contribution in [0.15, 0.2) is 55.8 Å². The lowest BCUT2D eigenvalue weighted by Gasteiger charge is -2.29. The minimum Gasteiger partial charge on any atom is -0.493 e. The SMILES string of the molecule is O=c1[nH]c2cc(N=Cc3c(O)n(-c4ccccc4Cl)c(=O)[nH]c3=O)c(N3CCCCC3)cc2[nH]1. The van der Waals surface area contributed by atoms with Crippen molar-refractivity contribution in [1.82, 2.24) is 19.5 Å². The Bertz CT molecular complexity index is 1590. The molecule has 0 spiro atoms. The van der Waals surface area contributed by atoms with Crippen molar-refractivity contribution in [3.63, 3.8) is 0 Å². The fourth-order valence-electron chi connectivity index (χ4n) is 4.20. The number of para-hydroxylation sites is 1. The molecule has 4 N–H and O–H groups in total. The summed E-state index contributed by atoms with van der Waals surface area (Å²) in [6.45, 7) is 1.68. The molecule has 0 atom stereocenters. The molecule has 0 amide bonds. The lowest BCUT2D eigenvalue weighted by atomic mass is 10.1. The largest absolute Gasteiger partial charge is 0.493 e. The van der Waals surface area contributed by atoms with E-state index < -0.39 is 17.1 Å². The third-order valence-corrected chi connectivity index (χ3v) is 6.17. The van der Waals surface area contributed by atoms with Crippen LogP contribution in [0.25, 0.3) is 16.7 Å². The Morgan fingerprint density at radius 1 is 0.941 bits per heavy atom. The maximum Gasteiger partial charge on any atom is 0.335 e. The van der Waals surface area contributed by atoms with E-state index in [0.29, 0.717) is 16.7 Å². The van der Waals surface area contributed by atoms with Gasteiger partial charge in [0.25, 0.3) is 5.56 Å². The van der Waals surface area contributed by atoms with E-state index in [1.807, 2.05) is 6.07 Å². The van der Waals surface area contributed by atoms with Gasteiger partial charge in [-0.3, -0.25) is 14.8 Å². The standard InChI is InChI=1S/C23H21ClN6O4/c24-14-6-2-3-7-18(14)30-21(32)13(20(31)28-23(30)34)12-25-17-10-15-16(27-22(33)26-15)11-19(17)29-8-4-1-5-9-29/h2-3,6-7,10-12,32H,1,4-5,8-9H2,(H2,26,27,33)(H,28,31,34). The number of fused-ring (bicyclic) bond motifs is 1. The summed E-state index contributed by atoms with van der Waals surface area (Å²) in [6.07, 6.45) is 4.42. The summed E-state index contributed by atoms with van der Waals surface area (Å²) in [5.74, 6) is -0.582. The number of hydrogen-bond donors (Lipinski definition) is 4. The highest BCUT2D eigenvalue weighted by Crippen LogP contribution is 2.34. The van der Waals surface area contributed by atoms with Crippen LogP contribution in [0.1, 0.15) is 24.8 Å². The molecular formula is C23H21ClN6O4. The summed E-state index contributed by atoms with van der Waals surface area (Å²) in [7, 11) is 0. The molecule has 10 nitrogen and oxygen atoms in total. The Morgan fingerprint density at radius 2 is 1.65 bits per heavy atom. The van der Waals surface area contributed by atoms with E-state index in [-0.39, 0.29) is 22.0 Å². The van der Waals surface area contributed by atoms with Crippen LogP contribution >= 0.6 is 11.6 Å². The Morgan fingerprint density at radius 3 is 2.38 bits per heavy atom. The molecule has 0 bridgehead atoms. The van der Waals surface area contributed by atoms with Crippen molar-refractivity contribution in [3.05, 3.63) is 78.3 Å². The highest BCUT2D eigenvalue weighted by molar-refractivity contribution is 6.32. The number of nitrogens with zero attached hydrogens (tertiary/aromatic N) is 3. The van der Waals surface area contributed by atoms with Gasteiger partial charge in [-0.25, -0.2) is 14.2 Å². The fraction of sp³-hybridized carbons (Fsp3) is 0.217. The molecule has 3 heterocycles. The number of hydrogen-bond acceptors (Lipinski definition) is 6. The van der Waals surface area contributed by atoms with Crippen molar-refractivity contribution in [2.75, 3.05) is 18.0 Å². The van der Waals surface area contributed by atoms with Crippen LogP contribution in [0.5, 0.6) is 5.88 Å². The van der Waals surface area contributed by atoms with Crippen LogP contribution in [-0.4, -0.2) is 43.9 Å². The monoisotopic (exact) mass is 480 g/mol.